The Hall–Kier alpha value is -2.29. The van der Waals surface area contributed by atoms with Crippen molar-refractivity contribution in [2.75, 3.05) is 7.11 Å². The molecule has 0 N–H and O–H groups in total. The van der Waals surface area contributed by atoms with Gasteiger partial charge in [-0.3, -0.25) is 9.59 Å². The van der Waals surface area contributed by atoms with Crippen LogP contribution in [0.2, 0.25) is 10.0 Å². The maximum atomic E-state index is 14.3. The van der Waals surface area contributed by atoms with Crippen LogP contribution >= 0.6 is 34.5 Å². The van der Waals surface area contributed by atoms with Gasteiger partial charge >= 0.3 is 5.97 Å². The summed E-state index contributed by atoms with van der Waals surface area (Å²) in [6, 6.07) is 5.98. The number of hydrogen-bond acceptors (Lipinski definition) is 4. The van der Waals surface area contributed by atoms with E-state index < -0.39 is 30.1 Å². The van der Waals surface area contributed by atoms with E-state index in [9.17, 15) is 18.4 Å². The van der Waals surface area contributed by atoms with Crippen LogP contribution in [0.5, 0.6) is 0 Å². The fraction of sp³-hybridized carbons (Fsp3) is 0.118. The van der Waals surface area contributed by atoms with Crippen molar-refractivity contribution in [1.82, 2.24) is 4.57 Å². The van der Waals surface area contributed by atoms with Crippen LogP contribution < -0.4 is 4.80 Å². The summed E-state index contributed by atoms with van der Waals surface area (Å²) >= 11 is 12.6. The van der Waals surface area contributed by atoms with Gasteiger partial charge in [0.1, 0.15) is 12.4 Å². The Labute approximate surface area is 165 Å². The van der Waals surface area contributed by atoms with E-state index in [0.717, 1.165) is 22.0 Å². The Morgan fingerprint density at radius 2 is 1.81 bits per heavy atom. The van der Waals surface area contributed by atoms with E-state index in [4.69, 9.17) is 23.2 Å². The van der Waals surface area contributed by atoms with E-state index in [1.807, 2.05) is 0 Å². The molecule has 0 fully saturated rings. The number of halogens is 4. The average Bonchev–Trinajstić information content (AvgIpc) is 2.90. The van der Waals surface area contributed by atoms with Gasteiger partial charge in [-0.05, 0) is 24.3 Å². The summed E-state index contributed by atoms with van der Waals surface area (Å²) in [5.74, 6) is -3.06. The molecule has 0 unspecified atom stereocenters. The highest BCUT2D eigenvalue weighted by Gasteiger charge is 2.17. The average molecular weight is 431 g/mol. The molecule has 3 aromatic rings. The maximum Gasteiger partial charge on any atom is 0.325 e. The van der Waals surface area contributed by atoms with Crippen molar-refractivity contribution < 1.29 is 23.1 Å². The second-order valence-corrected chi connectivity index (χ2v) is 7.24. The molecule has 10 heteroatoms. The number of carbonyl (C=O) groups is 2. The van der Waals surface area contributed by atoms with Crippen molar-refractivity contribution in [2.45, 2.75) is 6.54 Å². The summed E-state index contributed by atoms with van der Waals surface area (Å²) in [4.78, 5) is 28.1. The van der Waals surface area contributed by atoms with Crippen LogP contribution in [-0.2, 0) is 16.1 Å². The zero-order valence-electron chi connectivity index (χ0n) is 13.6. The molecule has 0 bridgehead atoms. The zero-order valence-corrected chi connectivity index (χ0v) is 16.0. The van der Waals surface area contributed by atoms with Gasteiger partial charge in [-0.2, -0.15) is 4.99 Å². The minimum atomic E-state index is -0.884. The summed E-state index contributed by atoms with van der Waals surface area (Å²) in [6.45, 7) is -0.401. The molecule has 3 rings (SSSR count). The van der Waals surface area contributed by atoms with E-state index >= 15 is 0 Å². The molecular weight excluding hydrogens is 421 g/mol. The van der Waals surface area contributed by atoms with Gasteiger partial charge in [0.15, 0.2) is 10.6 Å². The molecule has 5 nitrogen and oxygen atoms in total. The van der Waals surface area contributed by atoms with Crippen molar-refractivity contribution in [3.63, 3.8) is 0 Å². The lowest BCUT2D eigenvalue weighted by Crippen LogP contribution is -2.22. The Kier molecular flexibility index (Phi) is 5.59. The number of amides is 1. The molecule has 0 radical (unpaired) electrons. The third kappa shape index (κ3) is 4.18. The molecule has 0 aliphatic rings. The van der Waals surface area contributed by atoms with Gasteiger partial charge < -0.3 is 9.30 Å². The van der Waals surface area contributed by atoms with Crippen molar-refractivity contribution in [3.05, 3.63) is 62.4 Å². The monoisotopic (exact) mass is 430 g/mol. The highest BCUT2D eigenvalue weighted by atomic mass is 35.5. The predicted octanol–water partition coefficient (Wildman–Crippen LogP) is 4.20. The number of nitrogens with zero attached hydrogens (tertiary/aromatic N) is 2. The normalized spacial score (nSPS) is 11.8. The first kappa shape index (κ1) is 19.5. The minimum Gasteiger partial charge on any atom is -0.468 e. The quantitative estimate of drug-likeness (QED) is 0.584. The lowest BCUT2D eigenvalue weighted by atomic mass is 10.2. The molecule has 1 heterocycles. The molecule has 0 saturated carbocycles. The molecule has 0 aliphatic heterocycles. The Bertz CT molecular complexity index is 1120. The fourth-order valence-corrected chi connectivity index (χ4v) is 3.98. The number of aromatic nitrogens is 1. The third-order valence-electron chi connectivity index (χ3n) is 3.52. The summed E-state index contributed by atoms with van der Waals surface area (Å²) in [5.41, 5.74) is 0.0590. The predicted molar refractivity (Wildman–Crippen MR) is 98.1 cm³/mol. The SMILES string of the molecule is COC(=O)Cn1c(=NC(=O)c2cc(Cl)cc(Cl)c2)sc2cc(F)cc(F)c21. The van der Waals surface area contributed by atoms with Crippen LogP contribution in [0.15, 0.2) is 35.3 Å². The number of hydrogen-bond donors (Lipinski definition) is 0. The van der Waals surface area contributed by atoms with Gasteiger partial charge in [0.05, 0.1) is 17.3 Å². The van der Waals surface area contributed by atoms with Gasteiger partial charge in [0, 0.05) is 21.7 Å². The summed E-state index contributed by atoms with van der Waals surface area (Å²) in [6.07, 6.45) is 0. The van der Waals surface area contributed by atoms with Crippen LogP contribution in [0.4, 0.5) is 8.78 Å². The molecule has 140 valence electrons. The molecule has 0 saturated heterocycles. The Morgan fingerprint density at radius 3 is 2.44 bits per heavy atom. The second kappa shape index (κ2) is 7.75. The highest BCUT2D eigenvalue weighted by molar-refractivity contribution is 7.16. The molecule has 0 aliphatic carbocycles. The fourth-order valence-electron chi connectivity index (χ4n) is 2.38. The smallest absolute Gasteiger partial charge is 0.325 e. The van der Waals surface area contributed by atoms with Crippen LogP contribution in [0.1, 0.15) is 10.4 Å². The summed E-state index contributed by atoms with van der Waals surface area (Å²) < 4.78 is 33.7. The van der Waals surface area contributed by atoms with Gasteiger partial charge in [0.25, 0.3) is 5.91 Å². The number of ether oxygens (including phenoxy) is 1. The molecular formula is C17H10Cl2F2N2O3S. The number of carbonyl (C=O) groups excluding carboxylic acids is 2. The summed E-state index contributed by atoms with van der Waals surface area (Å²) in [5, 5.41) is 0.487. The number of rotatable bonds is 3. The lowest BCUT2D eigenvalue weighted by Gasteiger charge is -2.04. The topological polar surface area (TPSA) is 60.7 Å². The number of thiazole rings is 1. The largest absolute Gasteiger partial charge is 0.468 e. The Morgan fingerprint density at radius 1 is 1.15 bits per heavy atom. The van der Waals surface area contributed by atoms with Gasteiger partial charge in [-0.1, -0.05) is 34.5 Å². The van der Waals surface area contributed by atoms with Crippen molar-refractivity contribution in [3.8, 4) is 0 Å². The van der Waals surface area contributed by atoms with E-state index in [0.29, 0.717) is 6.07 Å². The number of benzene rings is 2. The van der Waals surface area contributed by atoms with Crippen molar-refractivity contribution in [1.29, 1.82) is 0 Å². The van der Waals surface area contributed by atoms with E-state index in [1.54, 1.807) is 0 Å². The zero-order chi connectivity index (χ0) is 19.7. The second-order valence-electron chi connectivity index (χ2n) is 5.36. The van der Waals surface area contributed by atoms with Crippen LogP contribution in [0, 0.1) is 11.6 Å². The van der Waals surface area contributed by atoms with Gasteiger partial charge in [0.2, 0.25) is 0 Å². The number of methoxy groups -OCH3 is 1. The van der Waals surface area contributed by atoms with Crippen molar-refractivity contribution in [2.24, 2.45) is 4.99 Å². The van der Waals surface area contributed by atoms with E-state index in [2.05, 4.69) is 9.73 Å². The molecule has 1 amide bonds. The lowest BCUT2D eigenvalue weighted by molar-refractivity contribution is -0.141. The van der Waals surface area contributed by atoms with Gasteiger partial charge in [-0.15, -0.1) is 0 Å². The minimum absolute atomic E-state index is 0.000924. The molecule has 27 heavy (non-hydrogen) atoms. The highest BCUT2D eigenvalue weighted by Crippen LogP contribution is 2.23. The third-order valence-corrected chi connectivity index (χ3v) is 4.98. The molecule has 0 spiro atoms. The number of esters is 1. The molecule has 1 aromatic heterocycles. The standard InChI is InChI=1S/C17H10Cl2F2N2O3S/c1-26-14(24)7-23-15-12(21)5-11(20)6-13(15)27-17(23)22-16(25)8-2-9(18)4-10(19)3-8/h2-6H,7H2,1H3. The number of fused-ring (bicyclic) bond motifs is 1. The first-order valence-electron chi connectivity index (χ1n) is 7.39. The first-order valence-corrected chi connectivity index (χ1v) is 8.96. The van der Waals surface area contributed by atoms with Crippen LogP contribution in [0.3, 0.4) is 0 Å². The van der Waals surface area contributed by atoms with E-state index in [-0.39, 0.29) is 30.6 Å². The molecule has 2 aromatic carbocycles. The van der Waals surface area contributed by atoms with E-state index in [1.165, 1.54) is 25.3 Å². The maximum absolute atomic E-state index is 14.3. The summed E-state index contributed by atoms with van der Waals surface area (Å²) in [7, 11) is 1.17. The Balaban J connectivity index is 2.21. The van der Waals surface area contributed by atoms with Crippen molar-refractivity contribution >= 4 is 56.6 Å². The molecule has 0 atom stereocenters. The van der Waals surface area contributed by atoms with Crippen LogP contribution in [-0.4, -0.2) is 23.6 Å². The van der Waals surface area contributed by atoms with Crippen LogP contribution in [0.25, 0.3) is 10.2 Å². The first-order chi connectivity index (χ1) is 12.8. The van der Waals surface area contributed by atoms with Gasteiger partial charge in [-0.25, -0.2) is 8.78 Å².